The van der Waals surface area contributed by atoms with Crippen LogP contribution in [-0.2, 0) is 4.74 Å². The Balaban J connectivity index is 2.26. The van der Waals surface area contributed by atoms with Crippen LogP contribution >= 0.6 is 0 Å². The quantitative estimate of drug-likeness (QED) is 0.580. The number of carbonyl (C=O) groups is 1. The van der Waals surface area contributed by atoms with E-state index in [0.29, 0.717) is 45.6 Å². The molecule has 1 rings (SSSR count). The van der Waals surface area contributed by atoms with Gasteiger partial charge in [0.25, 0.3) is 0 Å². The van der Waals surface area contributed by atoms with Gasteiger partial charge in [-0.15, -0.1) is 0 Å². The third-order valence-corrected chi connectivity index (χ3v) is 3.23. The highest BCUT2D eigenvalue weighted by Gasteiger charge is 2.33. The van der Waals surface area contributed by atoms with Gasteiger partial charge in [0.05, 0.1) is 12.2 Å². The van der Waals surface area contributed by atoms with Crippen molar-refractivity contribution in [3.63, 3.8) is 0 Å². The van der Waals surface area contributed by atoms with E-state index in [2.05, 4.69) is 5.32 Å². The van der Waals surface area contributed by atoms with Gasteiger partial charge in [-0.05, 0) is 39.3 Å². The molecule has 0 atom stereocenters. The number of ether oxygens (including phenoxy) is 1. The molecule has 0 aliphatic carbocycles. The highest BCUT2D eigenvalue weighted by Crippen LogP contribution is 2.21. The van der Waals surface area contributed by atoms with Gasteiger partial charge in [0.15, 0.2) is 0 Å². The van der Waals surface area contributed by atoms with Gasteiger partial charge < -0.3 is 25.8 Å². The third kappa shape index (κ3) is 4.80. The lowest BCUT2D eigenvalue weighted by Crippen LogP contribution is -2.51. The molecule has 6 nitrogen and oxygen atoms in total. The summed E-state index contributed by atoms with van der Waals surface area (Å²) in [5, 5.41) is 13.5. The van der Waals surface area contributed by atoms with Crippen LogP contribution in [0.3, 0.4) is 0 Å². The lowest BCUT2D eigenvalue weighted by atomic mass is 9.91. The molecule has 1 amide bonds. The number of hydrogen-bond acceptors (Lipinski definition) is 5. The van der Waals surface area contributed by atoms with Crippen LogP contribution in [0.4, 0.5) is 4.79 Å². The molecule has 1 aliphatic rings. The third-order valence-electron chi connectivity index (χ3n) is 3.23. The summed E-state index contributed by atoms with van der Waals surface area (Å²) in [6.07, 6.45) is 1.80. The predicted octanol–water partition coefficient (Wildman–Crippen LogP) is -0.0918. The van der Waals surface area contributed by atoms with E-state index in [9.17, 15) is 9.90 Å². The molecule has 1 fully saturated rings. The normalized spacial score (nSPS) is 18.7. The zero-order valence-electron chi connectivity index (χ0n) is 11.2. The smallest absolute Gasteiger partial charge is 0.409 e. The molecule has 0 bridgehead atoms. The number of nitrogens with zero attached hydrogens (tertiary/aromatic N) is 1. The van der Waals surface area contributed by atoms with Gasteiger partial charge >= 0.3 is 6.09 Å². The molecule has 106 valence electrons. The number of carbonyl (C=O) groups excluding carboxylic acids is 1. The van der Waals surface area contributed by atoms with Crippen molar-refractivity contribution in [3.05, 3.63) is 0 Å². The maximum atomic E-state index is 11.5. The summed E-state index contributed by atoms with van der Waals surface area (Å²) in [5.41, 5.74) is 4.69. The summed E-state index contributed by atoms with van der Waals surface area (Å²) in [6, 6.07) is 0. The first-order chi connectivity index (χ1) is 8.61. The van der Waals surface area contributed by atoms with Crippen LogP contribution in [0.25, 0.3) is 0 Å². The fourth-order valence-electron chi connectivity index (χ4n) is 2.05. The van der Waals surface area contributed by atoms with Gasteiger partial charge in [0.2, 0.25) is 0 Å². The summed E-state index contributed by atoms with van der Waals surface area (Å²) < 4.78 is 4.94. The number of rotatable bonds is 6. The van der Waals surface area contributed by atoms with Crippen molar-refractivity contribution >= 4 is 6.09 Å². The highest BCUT2D eigenvalue weighted by atomic mass is 16.6. The van der Waals surface area contributed by atoms with Crippen molar-refractivity contribution < 1.29 is 14.6 Å². The first-order valence-electron chi connectivity index (χ1n) is 6.66. The molecule has 1 heterocycles. The Morgan fingerprint density at radius 3 is 2.72 bits per heavy atom. The van der Waals surface area contributed by atoms with Gasteiger partial charge in [0.1, 0.15) is 0 Å². The van der Waals surface area contributed by atoms with Crippen molar-refractivity contribution in [2.75, 3.05) is 39.3 Å². The van der Waals surface area contributed by atoms with Crippen LogP contribution in [0.5, 0.6) is 0 Å². The molecule has 18 heavy (non-hydrogen) atoms. The van der Waals surface area contributed by atoms with Crippen molar-refractivity contribution in [1.82, 2.24) is 10.2 Å². The molecule has 0 unspecified atom stereocenters. The number of aliphatic hydroxyl groups is 1. The summed E-state index contributed by atoms with van der Waals surface area (Å²) in [5.74, 6) is 0. The maximum Gasteiger partial charge on any atom is 0.409 e. The van der Waals surface area contributed by atoms with Crippen molar-refractivity contribution in [1.29, 1.82) is 0 Å². The summed E-state index contributed by atoms with van der Waals surface area (Å²) in [6.45, 7) is 5.31. The molecule has 6 heteroatoms. The molecule has 0 aromatic carbocycles. The Kier molecular flexibility index (Phi) is 6.38. The largest absolute Gasteiger partial charge is 0.450 e. The van der Waals surface area contributed by atoms with Gasteiger partial charge in [0, 0.05) is 19.6 Å². The van der Waals surface area contributed by atoms with Crippen LogP contribution in [0.15, 0.2) is 0 Å². The molecule has 0 aromatic rings. The molecule has 0 spiro atoms. The van der Waals surface area contributed by atoms with Crippen LogP contribution < -0.4 is 11.1 Å². The van der Waals surface area contributed by atoms with Crippen molar-refractivity contribution in [3.8, 4) is 0 Å². The molecule has 1 saturated heterocycles. The first-order valence-corrected chi connectivity index (χ1v) is 6.66. The molecule has 4 N–H and O–H groups in total. The van der Waals surface area contributed by atoms with Gasteiger partial charge in [-0.25, -0.2) is 4.79 Å². The van der Waals surface area contributed by atoms with Crippen molar-refractivity contribution in [2.24, 2.45) is 5.73 Å². The van der Waals surface area contributed by atoms with E-state index in [0.717, 1.165) is 13.0 Å². The Morgan fingerprint density at radius 1 is 1.50 bits per heavy atom. The number of likely N-dealkylation sites (tertiary alicyclic amines) is 1. The van der Waals surface area contributed by atoms with Crippen LogP contribution in [-0.4, -0.2) is 61.0 Å². The van der Waals surface area contributed by atoms with E-state index >= 15 is 0 Å². The van der Waals surface area contributed by atoms with E-state index in [-0.39, 0.29) is 6.09 Å². The summed E-state index contributed by atoms with van der Waals surface area (Å²) in [4.78, 5) is 13.2. The Morgan fingerprint density at radius 2 is 2.17 bits per heavy atom. The maximum absolute atomic E-state index is 11.5. The Bertz CT molecular complexity index is 253. The minimum atomic E-state index is -0.711. The zero-order chi connectivity index (χ0) is 13.4. The second-order valence-corrected chi connectivity index (χ2v) is 4.73. The molecule has 0 aromatic heterocycles. The average molecular weight is 259 g/mol. The minimum absolute atomic E-state index is 0.282. The van der Waals surface area contributed by atoms with E-state index in [1.807, 2.05) is 0 Å². The van der Waals surface area contributed by atoms with Crippen LogP contribution in [0.2, 0.25) is 0 Å². The lowest BCUT2D eigenvalue weighted by Gasteiger charge is -2.37. The minimum Gasteiger partial charge on any atom is -0.450 e. The number of piperidine rings is 1. The topological polar surface area (TPSA) is 87.8 Å². The summed E-state index contributed by atoms with van der Waals surface area (Å²) in [7, 11) is 0. The standard InChI is InChI=1S/C12H25N3O3/c1-2-18-11(16)15-8-4-12(17,5-9-15)10-14-7-3-6-13/h14,17H,2-10,13H2,1H3. The molecule has 0 saturated carbocycles. The zero-order valence-corrected chi connectivity index (χ0v) is 11.2. The van der Waals surface area contributed by atoms with Crippen LogP contribution in [0.1, 0.15) is 26.2 Å². The van der Waals surface area contributed by atoms with E-state index in [1.165, 1.54) is 0 Å². The first kappa shape index (κ1) is 15.2. The van der Waals surface area contributed by atoms with Crippen LogP contribution in [0, 0.1) is 0 Å². The van der Waals surface area contributed by atoms with E-state index < -0.39 is 5.60 Å². The van der Waals surface area contributed by atoms with Gasteiger partial charge in [-0.3, -0.25) is 0 Å². The average Bonchev–Trinajstić information content (AvgIpc) is 2.36. The van der Waals surface area contributed by atoms with E-state index in [1.54, 1.807) is 11.8 Å². The lowest BCUT2D eigenvalue weighted by molar-refractivity contribution is -0.0186. The fraction of sp³-hybridized carbons (Fsp3) is 0.917. The van der Waals surface area contributed by atoms with Crippen molar-refractivity contribution in [2.45, 2.75) is 31.8 Å². The molecule has 0 radical (unpaired) electrons. The molecule has 1 aliphatic heterocycles. The Labute approximate surface area is 108 Å². The monoisotopic (exact) mass is 259 g/mol. The predicted molar refractivity (Wildman–Crippen MR) is 69.3 cm³/mol. The number of nitrogens with two attached hydrogens (primary N) is 1. The van der Waals surface area contributed by atoms with Gasteiger partial charge in [-0.1, -0.05) is 0 Å². The van der Waals surface area contributed by atoms with Gasteiger partial charge in [-0.2, -0.15) is 0 Å². The number of amides is 1. The Hall–Kier alpha value is -0.850. The molecular formula is C12H25N3O3. The van der Waals surface area contributed by atoms with E-state index in [4.69, 9.17) is 10.5 Å². The second kappa shape index (κ2) is 7.56. The number of hydrogen-bond donors (Lipinski definition) is 3. The fourth-order valence-corrected chi connectivity index (χ4v) is 2.05. The summed E-state index contributed by atoms with van der Waals surface area (Å²) >= 11 is 0. The number of nitrogens with one attached hydrogen (secondary N) is 1. The second-order valence-electron chi connectivity index (χ2n) is 4.73. The molecular weight excluding hydrogens is 234 g/mol. The SMILES string of the molecule is CCOC(=O)N1CCC(O)(CNCCCN)CC1. The highest BCUT2D eigenvalue weighted by molar-refractivity contribution is 5.67.